The van der Waals surface area contributed by atoms with E-state index >= 15 is 0 Å². The van der Waals surface area contributed by atoms with E-state index in [2.05, 4.69) is 37.5 Å². The van der Waals surface area contributed by atoms with Crippen molar-refractivity contribution in [3.05, 3.63) is 40.8 Å². The van der Waals surface area contributed by atoms with Gasteiger partial charge in [0.15, 0.2) is 0 Å². The van der Waals surface area contributed by atoms with E-state index in [1.54, 1.807) is 18.0 Å². The quantitative estimate of drug-likeness (QED) is 0.627. The van der Waals surface area contributed by atoms with E-state index < -0.39 is 12.1 Å². The number of hydrogen-bond donors (Lipinski definition) is 2. The van der Waals surface area contributed by atoms with Gasteiger partial charge in [0.05, 0.1) is 25.0 Å². The molecule has 2 amide bonds. The number of aromatic nitrogens is 2. The van der Waals surface area contributed by atoms with Gasteiger partial charge in [0.25, 0.3) is 0 Å². The summed E-state index contributed by atoms with van der Waals surface area (Å²) in [7, 11) is 1.30. The second-order valence-electron chi connectivity index (χ2n) is 7.65. The van der Waals surface area contributed by atoms with Crippen LogP contribution in [-0.2, 0) is 9.53 Å². The Morgan fingerprint density at radius 2 is 2.03 bits per heavy atom. The smallest absolute Gasteiger partial charge is 0.407 e. The van der Waals surface area contributed by atoms with E-state index in [-0.39, 0.29) is 17.9 Å². The largest absolute Gasteiger partial charge is 0.453 e. The molecule has 2 aromatic rings. The number of nitrogens with one attached hydrogen (secondary N) is 2. The summed E-state index contributed by atoms with van der Waals surface area (Å²) in [5.74, 6) is 0.581. The number of amides is 2. The van der Waals surface area contributed by atoms with Crippen molar-refractivity contribution in [2.45, 2.75) is 37.6 Å². The molecule has 1 aliphatic rings. The van der Waals surface area contributed by atoms with Crippen LogP contribution in [0.3, 0.4) is 0 Å². The molecule has 1 aliphatic heterocycles. The number of alkyl carbamates (subject to hydrolysis) is 1. The first-order chi connectivity index (χ1) is 14.3. The third kappa shape index (κ3) is 5.00. The summed E-state index contributed by atoms with van der Waals surface area (Å²) in [5, 5.41) is 3.00. The first-order valence-corrected chi connectivity index (χ1v) is 11.9. The maximum atomic E-state index is 13.4. The van der Waals surface area contributed by atoms with Gasteiger partial charge in [0.2, 0.25) is 5.91 Å². The summed E-state index contributed by atoms with van der Waals surface area (Å²) in [6, 6.07) is 7.17. The molecule has 0 aliphatic carbocycles. The number of carbonyl (C=O) groups is 2. The molecule has 1 saturated heterocycles. The van der Waals surface area contributed by atoms with E-state index in [0.29, 0.717) is 11.8 Å². The van der Waals surface area contributed by atoms with Crippen LogP contribution in [0.1, 0.15) is 32.1 Å². The summed E-state index contributed by atoms with van der Waals surface area (Å²) >= 11 is 5.19. The van der Waals surface area contributed by atoms with Crippen LogP contribution in [0.25, 0.3) is 11.3 Å². The van der Waals surface area contributed by atoms with Gasteiger partial charge in [-0.15, -0.1) is 0 Å². The SMILES string of the molecule is COC(=O)NC(C(=O)N1CC(SC)CC1c1ncc(-c2ccc(Br)cc2)[nH]1)C(C)C. The van der Waals surface area contributed by atoms with Gasteiger partial charge in [-0.05, 0) is 36.3 Å². The number of imidazole rings is 1. The van der Waals surface area contributed by atoms with Crippen LogP contribution in [0, 0.1) is 5.92 Å². The van der Waals surface area contributed by atoms with Gasteiger partial charge in [-0.3, -0.25) is 4.79 Å². The highest BCUT2D eigenvalue weighted by molar-refractivity contribution is 9.10. The van der Waals surface area contributed by atoms with Crippen LogP contribution in [0.4, 0.5) is 4.79 Å². The maximum Gasteiger partial charge on any atom is 0.407 e. The standard InChI is InChI=1S/C21H27BrN4O3S/c1-12(2)18(25-21(28)29-3)20(27)26-11-15(30-4)9-17(26)19-23-10-16(24-19)13-5-7-14(22)8-6-13/h5-8,10,12,15,17-18H,9,11H2,1-4H3,(H,23,24)(H,25,28). The minimum atomic E-state index is -0.651. The summed E-state index contributed by atoms with van der Waals surface area (Å²) in [6.07, 6.45) is 4.07. The summed E-state index contributed by atoms with van der Waals surface area (Å²) in [5.41, 5.74) is 1.94. The van der Waals surface area contributed by atoms with Gasteiger partial charge in [0, 0.05) is 16.3 Å². The number of aromatic amines is 1. The fraction of sp³-hybridized carbons (Fsp3) is 0.476. The number of nitrogens with zero attached hydrogens (tertiary/aromatic N) is 2. The molecule has 2 N–H and O–H groups in total. The van der Waals surface area contributed by atoms with Gasteiger partial charge in [-0.25, -0.2) is 9.78 Å². The lowest BCUT2D eigenvalue weighted by molar-refractivity contribution is -0.135. The highest BCUT2D eigenvalue weighted by Crippen LogP contribution is 2.37. The Kier molecular flexibility index (Phi) is 7.46. The van der Waals surface area contributed by atoms with Crippen LogP contribution in [0.15, 0.2) is 34.9 Å². The zero-order chi connectivity index (χ0) is 21.8. The third-order valence-electron chi connectivity index (χ3n) is 5.34. The van der Waals surface area contributed by atoms with Crippen molar-refractivity contribution >= 4 is 39.7 Å². The predicted molar refractivity (Wildman–Crippen MR) is 122 cm³/mol. The lowest BCUT2D eigenvalue weighted by Gasteiger charge is -2.30. The van der Waals surface area contributed by atoms with E-state index in [9.17, 15) is 9.59 Å². The fourth-order valence-corrected chi connectivity index (χ4v) is 4.58. The van der Waals surface area contributed by atoms with Gasteiger partial charge in [-0.1, -0.05) is 41.9 Å². The van der Waals surface area contributed by atoms with Gasteiger partial charge in [0.1, 0.15) is 11.9 Å². The summed E-state index contributed by atoms with van der Waals surface area (Å²) in [4.78, 5) is 35.0. The topological polar surface area (TPSA) is 87.3 Å². The number of methoxy groups -OCH3 is 1. The average Bonchev–Trinajstić information content (AvgIpc) is 3.38. The molecule has 2 heterocycles. The van der Waals surface area contributed by atoms with Crippen molar-refractivity contribution in [1.82, 2.24) is 20.2 Å². The summed E-state index contributed by atoms with van der Waals surface area (Å²) < 4.78 is 5.72. The lowest BCUT2D eigenvalue weighted by atomic mass is 10.0. The number of halogens is 1. The van der Waals surface area contributed by atoms with E-state index in [1.165, 1.54) is 7.11 Å². The van der Waals surface area contributed by atoms with Crippen LogP contribution >= 0.6 is 27.7 Å². The van der Waals surface area contributed by atoms with Crippen molar-refractivity contribution in [2.75, 3.05) is 19.9 Å². The molecule has 0 spiro atoms. The lowest BCUT2D eigenvalue weighted by Crippen LogP contribution is -2.51. The number of thioether (sulfide) groups is 1. The molecule has 9 heteroatoms. The minimum absolute atomic E-state index is 0.0690. The van der Waals surface area contributed by atoms with Gasteiger partial charge in [-0.2, -0.15) is 11.8 Å². The second kappa shape index (κ2) is 9.87. The first-order valence-electron chi connectivity index (χ1n) is 9.82. The molecular weight excluding hydrogens is 468 g/mol. The Labute approximate surface area is 189 Å². The highest BCUT2D eigenvalue weighted by Gasteiger charge is 2.41. The number of hydrogen-bond acceptors (Lipinski definition) is 5. The zero-order valence-corrected chi connectivity index (χ0v) is 19.9. The normalized spacial score (nSPS) is 19.7. The molecule has 1 aromatic heterocycles. The molecule has 0 bridgehead atoms. The monoisotopic (exact) mass is 494 g/mol. The van der Waals surface area contributed by atoms with Gasteiger partial charge >= 0.3 is 6.09 Å². The number of rotatable bonds is 6. The molecular formula is C21H27BrN4O3S. The van der Waals surface area contributed by atoms with Crippen LogP contribution < -0.4 is 5.32 Å². The molecule has 3 unspecified atom stereocenters. The number of carbonyl (C=O) groups excluding carboxylic acids is 2. The predicted octanol–water partition coefficient (Wildman–Crippen LogP) is 4.22. The fourth-order valence-electron chi connectivity index (χ4n) is 3.63. The van der Waals surface area contributed by atoms with E-state index in [1.807, 2.05) is 43.0 Å². The molecule has 7 nitrogen and oxygen atoms in total. The van der Waals surface area contributed by atoms with Crippen LogP contribution in [0.2, 0.25) is 0 Å². The molecule has 30 heavy (non-hydrogen) atoms. The Morgan fingerprint density at radius 1 is 1.33 bits per heavy atom. The molecule has 0 radical (unpaired) electrons. The number of benzene rings is 1. The Balaban J connectivity index is 1.86. The molecule has 3 rings (SSSR count). The molecule has 3 atom stereocenters. The van der Waals surface area contributed by atoms with Crippen molar-refractivity contribution < 1.29 is 14.3 Å². The molecule has 0 saturated carbocycles. The number of H-pyrrole nitrogens is 1. The van der Waals surface area contributed by atoms with E-state index in [4.69, 9.17) is 4.74 Å². The zero-order valence-electron chi connectivity index (χ0n) is 17.5. The second-order valence-corrected chi connectivity index (χ2v) is 9.70. The van der Waals surface area contributed by atoms with Crippen molar-refractivity contribution in [1.29, 1.82) is 0 Å². The van der Waals surface area contributed by atoms with E-state index in [0.717, 1.165) is 28.0 Å². The van der Waals surface area contributed by atoms with Crippen LogP contribution in [-0.4, -0.2) is 58.1 Å². The van der Waals surface area contributed by atoms with Crippen LogP contribution in [0.5, 0.6) is 0 Å². The highest BCUT2D eigenvalue weighted by atomic mass is 79.9. The van der Waals surface area contributed by atoms with Crippen molar-refractivity contribution in [3.8, 4) is 11.3 Å². The Bertz CT molecular complexity index is 887. The molecule has 162 valence electrons. The Hall–Kier alpha value is -2.00. The Morgan fingerprint density at radius 3 is 2.63 bits per heavy atom. The number of ether oxygens (including phenoxy) is 1. The molecule has 1 aromatic carbocycles. The summed E-state index contributed by atoms with van der Waals surface area (Å²) in [6.45, 7) is 4.44. The van der Waals surface area contributed by atoms with Gasteiger partial charge < -0.3 is 19.9 Å². The first kappa shape index (κ1) is 22.7. The van der Waals surface area contributed by atoms with Crippen molar-refractivity contribution in [2.24, 2.45) is 5.92 Å². The minimum Gasteiger partial charge on any atom is -0.453 e. The maximum absolute atomic E-state index is 13.4. The number of likely N-dealkylation sites (tertiary alicyclic amines) is 1. The third-order valence-corrected chi connectivity index (χ3v) is 6.87. The average molecular weight is 495 g/mol. The van der Waals surface area contributed by atoms with Crippen molar-refractivity contribution in [3.63, 3.8) is 0 Å². The molecule has 1 fully saturated rings.